The van der Waals surface area contributed by atoms with E-state index >= 15 is 0 Å². The molecule has 2 nitrogen and oxygen atoms in total. The van der Waals surface area contributed by atoms with Crippen LogP contribution in [0, 0.1) is 6.92 Å². The fourth-order valence-electron chi connectivity index (χ4n) is 1.50. The molecule has 2 N–H and O–H groups in total. The fraction of sp³-hybridized carbons (Fsp3) is 0.182. The Bertz CT molecular complexity index is 534. The van der Waals surface area contributed by atoms with Crippen LogP contribution in [-0.2, 0) is 6.18 Å². The number of anilines is 1. The number of nitrogens with two attached hydrogens (primary N) is 1. The number of halogens is 4. The Morgan fingerprint density at radius 3 is 2.11 bits per heavy atom. The first-order chi connectivity index (χ1) is 7.88. The normalized spacial score (nSPS) is 11.1. The molecular weight excluding hydrogens is 285 g/mol. The molecule has 98 valence electrons. The minimum absolute atomic E-state index is 0. The molecule has 0 radical (unpaired) electrons. The van der Waals surface area contributed by atoms with Crippen molar-refractivity contribution < 1.29 is 30.1 Å². The van der Waals surface area contributed by atoms with E-state index < -0.39 is 11.7 Å². The predicted octanol–water partition coefficient (Wildman–Crippen LogP) is -0.0618. The van der Waals surface area contributed by atoms with Crippen LogP contribution in [0.25, 0.3) is 5.69 Å². The lowest BCUT2D eigenvalue weighted by atomic mass is 10.2. The van der Waals surface area contributed by atoms with Crippen LogP contribution in [0.5, 0.6) is 0 Å². The molecule has 0 unspecified atom stereocenters. The van der Waals surface area contributed by atoms with Crippen molar-refractivity contribution in [3.05, 3.63) is 40.9 Å². The quantitative estimate of drug-likeness (QED) is 0.734. The summed E-state index contributed by atoms with van der Waals surface area (Å²) in [5.74, 6) is 0. The number of hydrogen-bond donors (Lipinski definition) is 1. The molecule has 1 aromatic heterocycles. The average molecular weight is 295 g/mol. The number of aromatic nitrogens is 1. The van der Waals surface area contributed by atoms with Crippen molar-refractivity contribution in [1.29, 1.82) is 0 Å². The maximum atomic E-state index is 12.4. The molecule has 18 heavy (non-hydrogen) atoms. The molecule has 7 heteroatoms. The van der Waals surface area contributed by atoms with E-state index in [0.29, 0.717) is 10.8 Å². The first-order valence-corrected chi connectivity index (χ1v) is 5.65. The highest BCUT2D eigenvalue weighted by Crippen LogP contribution is 2.29. The molecule has 0 saturated heterocycles. The van der Waals surface area contributed by atoms with Crippen LogP contribution in [0.2, 0.25) is 0 Å². The van der Waals surface area contributed by atoms with E-state index in [2.05, 4.69) is 0 Å². The molecule has 1 aromatic carbocycles. The van der Waals surface area contributed by atoms with Crippen molar-refractivity contribution in [3.63, 3.8) is 0 Å². The Morgan fingerprint density at radius 2 is 1.72 bits per heavy atom. The van der Waals surface area contributed by atoms with Crippen LogP contribution in [0.1, 0.15) is 10.4 Å². The number of aryl methyl sites for hydroxylation is 1. The molecule has 0 bridgehead atoms. The van der Waals surface area contributed by atoms with Gasteiger partial charge in [-0.05, 0) is 31.2 Å². The smallest absolute Gasteiger partial charge is 0.416 e. The lowest BCUT2D eigenvalue weighted by molar-refractivity contribution is -0.575. The van der Waals surface area contributed by atoms with Crippen LogP contribution in [0.4, 0.5) is 18.3 Å². The summed E-state index contributed by atoms with van der Waals surface area (Å²) in [5.41, 5.74) is 5.72. The minimum atomic E-state index is -4.31. The van der Waals surface area contributed by atoms with E-state index in [-0.39, 0.29) is 12.4 Å². The summed E-state index contributed by atoms with van der Waals surface area (Å²) < 4.78 is 38.8. The van der Waals surface area contributed by atoms with Gasteiger partial charge in [-0.3, -0.25) is 5.73 Å². The third-order valence-corrected chi connectivity index (χ3v) is 3.12. The molecule has 0 saturated carbocycles. The van der Waals surface area contributed by atoms with E-state index in [4.69, 9.17) is 5.73 Å². The molecule has 0 aliphatic rings. The highest BCUT2D eigenvalue weighted by atomic mass is 35.5. The third-order valence-electron chi connectivity index (χ3n) is 2.29. The van der Waals surface area contributed by atoms with Gasteiger partial charge in [0.1, 0.15) is 11.9 Å². The molecule has 2 aromatic rings. The van der Waals surface area contributed by atoms with Crippen molar-refractivity contribution in [1.82, 2.24) is 0 Å². The van der Waals surface area contributed by atoms with E-state index in [1.54, 1.807) is 10.8 Å². The van der Waals surface area contributed by atoms with Gasteiger partial charge in [0.25, 0.3) is 0 Å². The number of nitrogen functional groups attached to an aromatic ring is 1. The summed E-state index contributed by atoms with van der Waals surface area (Å²) in [6, 6.07) is 4.92. The van der Waals surface area contributed by atoms with Gasteiger partial charge in [-0.25, -0.2) is 0 Å². The van der Waals surface area contributed by atoms with Crippen LogP contribution < -0.4 is 22.7 Å². The Balaban J connectivity index is 0.00000162. The summed E-state index contributed by atoms with van der Waals surface area (Å²) in [6.45, 7) is 1.89. The lowest BCUT2D eigenvalue weighted by Crippen LogP contribution is -3.00. The van der Waals surface area contributed by atoms with Gasteiger partial charge in [-0.1, -0.05) is 11.3 Å². The Hall–Kier alpha value is -1.27. The van der Waals surface area contributed by atoms with E-state index in [1.165, 1.54) is 23.5 Å². The monoisotopic (exact) mass is 294 g/mol. The van der Waals surface area contributed by atoms with Gasteiger partial charge in [-0.15, -0.1) is 0 Å². The molecule has 0 aliphatic carbocycles. The summed E-state index contributed by atoms with van der Waals surface area (Å²) in [4.78, 5) is 1.00. The first kappa shape index (κ1) is 14.8. The third kappa shape index (κ3) is 2.94. The average Bonchev–Trinajstić information content (AvgIpc) is 2.57. The number of benzene rings is 1. The van der Waals surface area contributed by atoms with Crippen molar-refractivity contribution in [2.45, 2.75) is 13.1 Å². The van der Waals surface area contributed by atoms with Crippen LogP contribution >= 0.6 is 11.3 Å². The molecule has 0 amide bonds. The highest BCUT2D eigenvalue weighted by molar-refractivity contribution is 7.14. The molecule has 2 rings (SSSR count). The van der Waals surface area contributed by atoms with Crippen molar-refractivity contribution in [2.75, 3.05) is 5.73 Å². The van der Waals surface area contributed by atoms with Crippen molar-refractivity contribution in [2.24, 2.45) is 0 Å². The first-order valence-electron chi connectivity index (χ1n) is 4.83. The maximum absolute atomic E-state index is 12.4. The highest BCUT2D eigenvalue weighted by Gasteiger charge is 2.30. The Morgan fingerprint density at radius 1 is 1.17 bits per heavy atom. The van der Waals surface area contributed by atoms with Crippen LogP contribution in [0.3, 0.4) is 0 Å². The topological polar surface area (TPSA) is 29.9 Å². The number of hydrogen-bond acceptors (Lipinski definition) is 2. The van der Waals surface area contributed by atoms with Gasteiger partial charge in [0, 0.05) is 4.88 Å². The van der Waals surface area contributed by atoms with Gasteiger partial charge < -0.3 is 12.4 Å². The fourth-order valence-corrected chi connectivity index (χ4v) is 2.24. The number of rotatable bonds is 1. The lowest BCUT2D eigenvalue weighted by Gasteiger charge is -2.06. The van der Waals surface area contributed by atoms with Gasteiger partial charge in [0.05, 0.1) is 5.56 Å². The number of thiazole rings is 1. The zero-order chi connectivity index (χ0) is 12.6. The molecule has 1 heterocycles. The van der Waals surface area contributed by atoms with Gasteiger partial charge in [0.15, 0.2) is 0 Å². The number of nitrogens with zero attached hydrogens (tertiary/aromatic N) is 1. The van der Waals surface area contributed by atoms with E-state index in [1.807, 2.05) is 6.92 Å². The standard InChI is InChI=1S/C11H9F3N2S.ClH/c1-7-6-16(10(15)17-7)9-4-2-8(3-5-9)11(12,13)14;/h2-6,15H,1H3;1H. The minimum Gasteiger partial charge on any atom is -1.00 e. The number of alkyl halides is 3. The molecule has 0 spiro atoms. The summed E-state index contributed by atoms with van der Waals surface area (Å²) in [5, 5.41) is 0.544. The maximum Gasteiger partial charge on any atom is 0.416 e. The Labute approximate surface area is 112 Å². The summed E-state index contributed by atoms with van der Waals surface area (Å²) in [7, 11) is 0. The van der Waals surface area contributed by atoms with E-state index in [9.17, 15) is 13.2 Å². The van der Waals surface area contributed by atoms with E-state index in [0.717, 1.165) is 17.0 Å². The second-order valence-corrected chi connectivity index (χ2v) is 4.86. The summed E-state index contributed by atoms with van der Waals surface area (Å²) in [6.07, 6.45) is -2.51. The largest absolute Gasteiger partial charge is 1.00 e. The SMILES string of the molecule is Cc1c[n+](-c2ccc(C(F)(F)F)cc2)c(N)s1.[Cl-]. The predicted molar refractivity (Wildman–Crippen MR) is 60.0 cm³/mol. The van der Waals surface area contributed by atoms with Gasteiger partial charge >= 0.3 is 11.3 Å². The molecular formula is C11H10ClF3N2S. The Kier molecular flexibility index (Phi) is 4.24. The van der Waals surface area contributed by atoms with Gasteiger partial charge in [-0.2, -0.15) is 17.7 Å². The van der Waals surface area contributed by atoms with Crippen molar-refractivity contribution in [3.8, 4) is 5.69 Å². The van der Waals surface area contributed by atoms with Crippen molar-refractivity contribution >= 4 is 16.5 Å². The van der Waals surface area contributed by atoms with Crippen LogP contribution in [-0.4, -0.2) is 0 Å². The second-order valence-electron chi connectivity index (χ2n) is 3.59. The molecule has 0 atom stereocenters. The van der Waals surface area contributed by atoms with Crippen LogP contribution in [0.15, 0.2) is 30.5 Å². The summed E-state index contributed by atoms with van der Waals surface area (Å²) >= 11 is 1.39. The molecule has 0 aliphatic heterocycles. The molecule has 0 fully saturated rings. The van der Waals surface area contributed by atoms with Gasteiger partial charge in [0.2, 0.25) is 0 Å². The second kappa shape index (κ2) is 5.16. The zero-order valence-electron chi connectivity index (χ0n) is 9.33. The zero-order valence-corrected chi connectivity index (χ0v) is 10.9.